The molecule has 0 unspecified atom stereocenters. The Labute approximate surface area is 252 Å². The fourth-order valence-electron chi connectivity index (χ4n) is 4.91. The van der Waals surface area contributed by atoms with Crippen LogP contribution in [-0.2, 0) is 35.0 Å². The van der Waals surface area contributed by atoms with Gasteiger partial charge >= 0.3 is 24.4 Å². The summed E-state index contributed by atoms with van der Waals surface area (Å²) in [4.78, 5) is 48.9. The highest BCUT2D eigenvalue weighted by atomic mass is 17.1. The van der Waals surface area contributed by atoms with Gasteiger partial charge in [-0.1, -0.05) is 60.7 Å². The SMILES string of the molecule is C[C@H]([C@H](CCc1ccccc1)c1ccc(Oc2ccccc2)cc1)N(CC(=O)O)C(=O)[C@@H]1COC(OC(=O)O)(OC(=O)O)O1. The number of carboxylic acid groups (broad SMARTS) is 3. The van der Waals surface area contributed by atoms with Crippen molar-refractivity contribution in [2.45, 2.75) is 44.0 Å². The topological polar surface area (TPSA) is 178 Å². The molecule has 1 saturated heterocycles. The van der Waals surface area contributed by atoms with Crippen molar-refractivity contribution in [3.63, 3.8) is 0 Å². The minimum atomic E-state index is -3.04. The number of aliphatic carboxylic acids is 1. The number of rotatable bonds is 13. The molecule has 0 bridgehead atoms. The monoisotopic (exact) mass is 609 g/mol. The van der Waals surface area contributed by atoms with Crippen molar-refractivity contribution in [3.05, 3.63) is 96.1 Å². The molecule has 1 aliphatic rings. The van der Waals surface area contributed by atoms with Crippen LogP contribution in [0.3, 0.4) is 0 Å². The zero-order valence-corrected chi connectivity index (χ0v) is 23.6. The second kappa shape index (κ2) is 14.4. The quantitative estimate of drug-likeness (QED) is 0.176. The third kappa shape index (κ3) is 8.46. The maximum absolute atomic E-state index is 13.7. The van der Waals surface area contributed by atoms with Gasteiger partial charge in [-0.25, -0.2) is 9.59 Å². The highest BCUT2D eigenvalue weighted by Crippen LogP contribution is 2.34. The van der Waals surface area contributed by atoms with Gasteiger partial charge in [-0.2, -0.15) is 0 Å². The predicted octanol–water partition coefficient (Wildman–Crippen LogP) is 4.91. The molecule has 13 heteroatoms. The van der Waals surface area contributed by atoms with Gasteiger partial charge in [0, 0.05) is 12.0 Å². The largest absolute Gasteiger partial charge is 0.519 e. The van der Waals surface area contributed by atoms with E-state index in [2.05, 4.69) is 9.47 Å². The number of para-hydroxylation sites is 1. The van der Waals surface area contributed by atoms with Crippen molar-refractivity contribution in [1.29, 1.82) is 0 Å². The molecule has 232 valence electrons. The normalized spacial score (nSPS) is 16.7. The van der Waals surface area contributed by atoms with Crippen LogP contribution in [0.2, 0.25) is 0 Å². The summed E-state index contributed by atoms with van der Waals surface area (Å²) in [5.41, 5.74) is 1.84. The van der Waals surface area contributed by atoms with Gasteiger partial charge in [-0.15, -0.1) is 0 Å². The summed E-state index contributed by atoms with van der Waals surface area (Å²) in [6, 6.07) is 25.4. The van der Waals surface area contributed by atoms with Crippen molar-refractivity contribution >= 4 is 24.2 Å². The first-order chi connectivity index (χ1) is 21.0. The van der Waals surface area contributed by atoms with E-state index in [-0.39, 0.29) is 5.92 Å². The van der Waals surface area contributed by atoms with Crippen LogP contribution in [0.25, 0.3) is 0 Å². The zero-order chi connectivity index (χ0) is 31.7. The molecule has 3 N–H and O–H groups in total. The van der Waals surface area contributed by atoms with Gasteiger partial charge in [0.05, 0.1) is 6.61 Å². The van der Waals surface area contributed by atoms with Gasteiger partial charge in [0.25, 0.3) is 5.91 Å². The van der Waals surface area contributed by atoms with Crippen molar-refractivity contribution in [2.75, 3.05) is 13.2 Å². The van der Waals surface area contributed by atoms with Crippen molar-refractivity contribution < 1.29 is 58.2 Å². The Balaban J connectivity index is 1.60. The van der Waals surface area contributed by atoms with Gasteiger partial charge in [0.15, 0.2) is 6.10 Å². The van der Waals surface area contributed by atoms with E-state index in [1.165, 1.54) is 0 Å². The van der Waals surface area contributed by atoms with Gasteiger partial charge in [0.2, 0.25) is 0 Å². The Bertz CT molecular complexity index is 1420. The smallest absolute Gasteiger partial charge is 0.480 e. The molecule has 1 heterocycles. The molecule has 4 rings (SSSR count). The molecule has 1 fully saturated rings. The maximum atomic E-state index is 13.7. The Kier molecular flexibility index (Phi) is 10.4. The van der Waals surface area contributed by atoms with E-state index in [0.717, 1.165) is 16.0 Å². The Hall–Kier alpha value is -5.14. The number of nitrogens with zero attached hydrogens (tertiary/aromatic N) is 1. The number of carbonyl (C=O) groups is 4. The van der Waals surface area contributed by atoms with Gasteiger partial charge < -0.3 is 34.4 Å². The van der Waals surface area contributed by atoms with E-state index in [1.54, 1.807) is 19.1 Å². The molecule has 1 amide bonds. The number of carboxylic acids is 1. The molecule has 0 aromatic heterocycles. The van der Waals surface area contributed by atoms with Gasteiger partial charge in [0.1, 0.15) is 18.0 Å². The molecule has 3 atom stereocenters. The molecule has 0 saturated carbocycles. The molecule has 0 spiro atoms. The number of ether oxygens (including phenoxy) is 5. The third-order valence-electron chi connectivity index (χ3n) is 6.93. The van der Waals surface area contributed by atoms with E-state index >= 15 is 0 Å². The third-order valence-corrected chi connectivity index (χ3v) is 6.93. The minimum Gasteiger partial charge on any atom is -0.480 e. The first kappa shape index (κ1) is 31.8. The first-order valence-electron chi connectivity index (χ1n) is 13.6. The molecular weight excluding hydrogens is 578 g/mol. The molecule has 1 aliphatic heterocycles. The lowest BCUT2D eigenvalue weighted by atomic mass is 9.85. The van der Waals surface area contributed by atoms with Crippen LogP contribution in [0.1, 0.15) is 30.4 Å². The van der Waals surface area contributed by atoms with Gasteiger partial charge in [-0.3, -0.25) is 19.1 Å². The molecule has 44 heavy (non-hydrogen) atoms. The number of carbonyl (C=O) groups excluding carboxylic acids is 1. The summed E-state index contributed by atoms with van der Waals surface area (Å²) in [6.07, 6.45) is -7.53. The average Bonchev–Trinajstić information content (AvgIpc) is 3.39. The second-order valence-electron chi connectivity index (χ2n) is 9.87. The Morgan fingerprint density at radius 3 is 2.00 bits per heavy atom. The average molecular weight is 610 g/mol. The van der Waals surface area contributed by atoms with E-state index in [0.29, 0.717) is 24.3 Å². The van der Waals surface area contributed by atoms with Crippen LogP contribution in [0.4, 0.5) is 9.59 Å². The standard InChI is InChI=1S/C31H31NO12/c1-20(32(18-27(33)34)28(35)26-19-40-31(42-26,43-29(36)37)44-30(38)39)25(17-12-21-8-4-2-5-9-21)22-13-15-24(16-14-22)41-23-10-6-3-7-11-23/h2-11,13-16,20,25-26H,12,17-19H2,1H3,(H,33,34)(H,36,37)(H,38,39)/t20-,25+,26+/m1/s1. The molecule has 13 nitrogen and oxygen atoms in total. The molecule has 0 aliphatic carbocycles. The van der Waals surface area contributed by atoms with E-state index in [1.807, 2.05) is 72.8 Å². The Morgan fingerprint density at radius 2 is 1.43 bits per heavy atom. The van der Waals surface area contributed by atoms with Crippen molar-refractivity contribution in [1.82, 2.24) is 4.90 Å². The highest BCUT2D eigenvalue weighted by Gasteiger charge is 2.54. The zero-order valence-electron chi connectivity index (χ0n) is 23.6. The summed E-state index contributed by atoms with van der Waals surface area (Å²) < 4.78 is 24.8. The predicted molar refractivity (Wildman–Crippen MR) is 151 cm³/mol. The maximum Gasteiger partial charge on any atom is 0.519 e. The van der Waals surface area contributed by atoms with Crippen LogP contribution >= 0.6 is 0 Å². The molecule has 3 aromatic carbocycles. The van der Waals surface area contributed by atoms with Crippen LogP contribution in [0.15, 0.2) is 84.9 Å². The van der Waals surface area contributed by atoms with E-state index in [9.17, 15) is 24.3 Å². The van der Waals surface area contributed by atoms with Crippen LogP contribution in [-0.4, -0.2) is 75.9 Å². The van der Waals surface area contributed by atoms with Crippen molar-refractivity contribution in [2.24, 2.45) is 0 Å². The molecule has 0 radical (unpaired) electrons. The molecular formula is C31H31NO12. The lowest BCUT2D eigenvalue weighted by molar-refractivity contribution is -0.427. The number of aryl methyl sites for hydroxylation is 1. The lowest BCUT2D eigenvalue weighted by Gasteiger charge is -2.35. The number of hydrogen-bond acceptors (Lipinski definition) is 9. The second-order valence-corrected chi connectivity index (χ2v) is 9.87. The van der Waals surface area contributed by atoms with Crippen LogP contribution < -0.4 is 4.74 Å². The number of benzene rings is 3. The Morgan fingerprint density at radius 1 is 0.864 bits per heavy atom. The molecule has 3 aromatic rings. The summed E-state index contributed by atoms with van der Waals surface area (Å²) in [7, 11) is 0. The highest BCUT2D eigenvalue weighted by molar-refractivity contribution is 5.85. The van der Waals surface area contributed by atoms with E-state index in [4.69, 9.17) is 24.4 Å². The fraction of sp³-hybridized carbons (Fsp3) is 0.290. The number of hydrogen-bond donors (Lipinski definition) is 3. The minimum absolute atomic E-state index is 0.387. The van der Waals surface area contributed by atoms with Crippen LogP contribution in [0.5, 0.6) is 11.5 Å². The number of amides is 1. The van der Waals surface area contributed by atoms with E-state index < -0.39 is 55.6 Å². The summed E-state index contributed by atoms with van der Waals surface area (Å²) in [5.74, 6) is -1.36. The van der Waals surface area contributed by atoms with Crippen molar-refractivity contribution in [3.8, 4) is 11.5 Å². The summed E-state index contributed by atoms with van der Waals surface area (Å²) in [6.45, 7) is 0.293. The summed E-state index contributed by atoms with van der Waals surface area (Å²) >= 11 is 0. The fourth-order valence-corrected chi connectivity index (χ4v) is 4.91. The summed E-state index contributed by atoms with van der Waals surface area (Å²) in [5, 5.41) is 27.7. The van der Waals surface area contributed by atoms with Gasteiger partial charge in [-0.05, 0) is 55.2 Å². The van der Waals surface area contributed by atoms with Crippen LogP contribution in [0, 0.1) is 0 Å². The lowest BCUT2D eigenvalue weighted by Crippen LogP contribution is -2.50. The first-order valence-corrected chi connectivity index (χ1v) is 13.6.